The van der Waals surface area contributed by atoms with Crippen LogP contribution in [0.3, 0.4) is 0 Å². The monoisotopic (exact) mass is 314 g/mol. The quantitative estimate of drug-likeness (QED) is 0.777. The molecule has 0 spiro atoms. The van der Waals surface area contributed by atoms with Gasteiger partial charge in [-0.05, 0) is 50.5 Å². The molecule has 23 heavy (non-hydrogen) atoms. The molecule has 2 aliphatic rings. The maximum Gasteiger partial charge on any atom is 0.404 e. The fraction of sp³-hybridized carbons (Fsp3) is 0.526. The standard InChI is InChI=1S/C19H26N2O2/c1-13(11-14-5-3-2-4-6-14)17-12-18(17)20-15-7-9-16(10-8-15)21-19(22)23/h2-6,11,15-18,20-21H,7-10,12H2,1H3,(H,22,23)/b13-11+. The van der Waals surface area contributed by atoms with Crippen molar-refractivity contribution in [3.63, 3.8) is 0 Å². The van der Waals surface area contributed by atoms with Crippen LogP contribution in [0.2, 0.25) is 0 Å². The summed E-state index contributed by atoms with van der Waals surface area (Å²) in [6, 6.07) is 11.8. The van der Waals surface area contributed by atoms with Crippen molar-refractivity contribution in [3.05, 3.63) is 41.5 Å². The molecule has 0 radical (unpaired) electrons. The van der Waals surface area contributed by atoms with Crippen molar-refractivity contribution in [2.24, 2.45) is 5.92 Å². The summed E-state index contributed by atoms with van der Waals surface area (Å²) < 4.78 is 0. The normalized spacial score (nSPS) is 30.7. The van der Waals surface area contributed by atoms with E-state index in [1.807, 2.05) is 6.07 Å². The molecule has 0 saturated heterocycles. The van der Waals surface area contributed by atoms with Crippen LogP contribution in [0.4, 0.5) is 4.79 Å². The van der Waals surface area contributed by atoms with E-state index in [0.29, 0.717) is 18.0 Å². The van der Waals surface area contributed by atoms with Gasteiger partial charge >= 0.3 is 6.09 Å². The van der Waals surface area contributed by atoms with Gasteiger partial charge in [0, 0.05) is 18.1 Å². The molecule has 2 aliphatic carbocycles. The van der Waals surface area contributed by atoms with Crippen LogP contribution in [0.1, 0.15) is 44.6 Å². The predicted molar refractivity (Wildman–Crippen MR) is 92.3 cm³/mol. The van der Waals surface area contributed by atoms with E-state index < -0.39 is 6.09 Å². The fourth-order valence-corrected chi connectivity index (χ4v) is 3.68. The molecule has 2 saturated carbocycles. The number of nitrogens with one attached hydrogen (secondary N) is 2. The molecule has 3 N–H and O–H groups in total. The molecule has 3 rings (SSSR count). The predicted octanol–water partition coefficient (Wildman–Crippen LogP) is 3.65. The minimum Gasteiger partial charge on any atom is -0.465 e. The van der Waals surface area contributed by atoms with Gasteiger partial charge in [0.2, 0.25) is 0 Å². The Morgan fingerprint density at radius 3 is 2.43 bits per heavy atom. The highest BCUT2D eigenvalue weighted by Crippen LogP contribution is 2.39. The van der Waals surface area contributed by atoms with E-state index in [1.165, 1.54) is 17.6 Å². The van der Waals surface area contributed by atoms with Crippen molar-refractivity contribution in [1.29, 1.82) is 0 Å². The third-order valence-corrected chi connectivity index (χ3v) is 5.07. The van der Waals surface area contributed by atoms with Crippen LogP contribution in [0.15, 0.2) is 35.9 Å². The number of amides is 1. The third kappa shape index (κ3) is 4.58. The van der Waals surface area contributed by atoms with E-state index in [9.17, 15) is 4.79 Å². The molecule has 0 aliphatic heterocycles. The number of carboxylic acid groups (broad SMARTS) is 1. The smallest absolute Gasteiger partial charge is 0.404 e. The Morgan fingerprint density at radius 2 is 1.78 bits per heavy atom. The number of benzene rings is 1. The molecule has 2 unspecified atom stereocenters. The van der Waals surface area contributed by atoms with Gasteiger partial charge < -0.3 is 15.7 Å². The average molecular weight is 314 g/mol. The van der Waals surface area contributed by atoms with Crippen LogP contribution in [0.5, 0.6) is 0 Å². The second-order valence-corrected chi connectivity index (χ2v) is 6.91. The Hall–Kier alpha value is -1.81. The SMILES string of the molecule is C/C(=C\c1ccccc1)C1CC1NC1CCC(NC(=O)O)CC1. The minimum absolute atomic E-state index is 0.139. The Kier molecular flexibility index (Phi) is 5.01. The van der Waals surface area contributed by atoms with Gasteiger partial charge in [-0.1, -0.05) is 42.0 Å². The highest BCUT2D eigenvalue weighted by Gasteiger charge is 2.39. The van der Waals surface area contributed by atoms with Crippen molar-refractivity contribution in [2.45, 2.75) is 57.2 Å². The molecular formula is C19H26N2O2. The summed E-state index contributed by atoms with van der Waals surface area (Å²) >= 11 is 0. The Balaban J connectivity index is 1.43. The van der Waals surface area contributed by atoms with Gasteiger partial charge in [0.1, 0.15) is 0 Å². The molecule has 2 atom stereocenters. The lowest BCUT2D eigenvalue weighted by Crippen LogP contribution is -2.42. The van der Waals surface area contributed by atoms with E-state index in [4.69, 9.17) is 5.11 Å². The molecule has 0 aromatic heterocycles. The second kappa shape index (κ2) is 7.18. The highest BCUT2D eigenvalue weighted by atomic mass is 16.4. The zero-order chi connectivity index (χ0) is 16.2. The molecule has 4 nitrogen and oxygen atoms in total. The summed E-state index contributed by atoms with van der Waals surface area (Å²) in [5, 5.41) is 15.1. The van der Waals surface area contributed by atoms with E-state index in [0.717, 1.165) is 25.7 Å². The van der Waals surface area contributed by atoms with Gasteiger partial charge in [-0.15, -0.1) is 0 Å². The van der Waals surface area contributed by atoms with E-state index in [2.05, 4.69) is 47.9 Å². The molecule has 0 bridgehead atoms. The summed E-state index contributed by atoms with van der Waals surface area (Å²) in [4.78, 5) is 10.7. The molecule has 1 amide bonds. The Labute approximate surface area is 138 Å². The summed E-state index contributed by atoms with van der Waals surface area (Å²) in [5.74, 6) is 0.657. The maximum atomic E-state index is 10.7. The molecule has 1 aromatic carbocycles. The third-order valence-electron chi connectivity index (χ3n) is 5.07. The van der Waals surface area contributed by atoms with Gasteiger partial charge in [0.15, 0.2) is 0 Å². The van der Waals surface area contributed by atoms with E-state index >= 15 is 0 Å². The Bertz CT molecular complexity index is 562. The van der Waals surface area contributed by atoms with Crippen LogP contribution in [-0.2, 0) is 0 Å². The topological polar surface area (TPSA) is 61.4 Å². The van der Waals surface area contributed by atoms with Crippen LogP contribution in [0.25, 0.3) is 6.08 Å². The molecule has 4 heteroatoms. The lowest BCUT2D eigenvalue weighted by atomic mass is 9.91. The fourth-order valence-electron chi connectivity index (χ4n) is 3.68. The van der Waals surface area contributed by atoms with Crippen molar-refractivity contribution in [3.8, 4) is 0 Å². The molecule has 2 fully saturated rings. The zero-order valence-corrected chi connectivity index (χ0v) is 13.7. The number of carbonyl (C=O) groups is 1. The van der Waals surface area contributed by atoms with Crippen molar-refractivity contribution >= 4 is 12.2 Å². The van der Waals surface area contributed by atoms with Crippen molar-refractivity contribution in [1.82, 2.24) is 10.6 Å². The van der Waals surface area contributed by atoms with Gasteiger partial charge in [0.05, 0.1) is 0 Å². The molecule has 1 aromatic rings. The van der Waals surface area contributed by atoms with E-state index in [-0.39, 0.29) is 6.04 Å². The zero-order valence-electron chi connectivity index (χ0n) is 13.7. The number of hydrogen-bond donors (Lipinski definition) is 3. The van der Waals surface area contributed by atoms with Gasteiger partial charge in [0.25, 0.3) is 0 Å². The van der Waals surface area contributed by atoms with Crippen molar-refractivity contribution in [2.75, 3.05) is 0 Å². The van der Waals surface area contributed by atoms with Crippen LogP contribution in [0, 0.1) is 5.92 Å². The first kappa shape index (κ1) is 16.1. The van der Waals surface area contributed by atoms with Gasteiger partial charge in [-0.2, -0.15) is 0 Å². The van der Waals surface area contributed by atoms with Gasteiger partial charge in [-0.3, -0.25) is 0 Å². The van der Waals surface area contributed by atoms with Crippen LogP contribution >= 0.6 is 0 Å². The van der Waals surface area contributed by atoms with Crippen LogP contribution < -0.4 is 10.6 Å². The lowest BCUT2D eigenvalue weighted by molar-refractivity contribution is 0.183. The molecule has 124 valence electrons. The summed E-state index contributed by atoms with van der Waals surface area (Å²) in [7, 11) is 0. The summed E-state index contributed by atoms with van der Waals surface area (Å²) in [6.07, 6.45) is 6.64. The summed E-state index contributed by atoms with van der Waals surface area (Å²) in [5.41, 5.74) is 2.73. The average Bonchev–Trinajstić information content (AvgIpc) is 3.29. The summed E-state index contributed by atoms with van der Waals surface area (Å²) in [6.45, 7) is 2.23. The second-order valence-electron chi connectivity index (χ2n) is 6.91. The first-order valence-electron chi connectivity index (χ1n) is 8.60. The largest absolute Gasteiger partial charge is 0.465 e. The van der Waals surface area contributed by atoms with Crippen LogP contribution in [-0.4, -0.2) is 29.3 Å². The number of hydrogen-bond acceptors (Lipinski definition) is 2. The molecule has 0 heterocycles. The highest BCUT2D eigenvalue weighted by molar-refractivity contribution is 5.64. The van der Waals surface area contributed by atoms with E-state index in [1.54, 1.807) is 0 Å². The first-order chi connectivity index (χ1) is 11.1. The Morgan fingerprint density at radius 1 is 1.13 bits per heavy atom. The maximum absolute atomic E-state index is 10.7. The minimum atomic E-state index is -0.898. The lowest BCUT2D eigenvalue weighted by Gasteiger charge is -2.29. The first-order valence-corrected chi connectivity index (χ1v) is 8.60. The van der Waals surface area contributed by atoms with Gasteiger partial charge in [-0.25, -0.2) is 4.79 Å². The number of rotatable bonds is 5. The van der Waals surface area contributed by atoms with Crippen molar-refractivity contribution < 1.29 is 9.90 Å². The molecular weight excluding hydrogens is 288 g/mol.